The average molecular weight is 1470 g/mol. The minimum Gasteiger partial charge on any atom is -0.309 e. The first-order valence-electron chi connectivity index (χ1n) is 39.8. The van der Waals surface area contributed by atoms with Gasteiger partial charge in [0.25, 0.3) is 0 Å². The average Bonchev–Trinajstić information content (AvgIpc) is 1.54. The molecule has 0 saturated carbocycles. The molecule has 0 saturated heterocycles. The van der Waals surface area contributed by atoms with Gasteiger partial charge in [-0.3, -0.25) is 0 Å². The van der Waals surface area contributed by atoms with Gasteiger partial charge in [0.2, 0.25) is 0 Å². The quantitative estimate of drug-likeness (QED) is 0.145. The van der Waals surface area contributed by atoms with Gasteiger partial charge in [0.1, 0.15) is 0 Å². The van der Waals surface area contributed by atoms with Crippen LogP contribution in [0.1, 0.15) is 49.9 Å². The molecule has 6 aromatic heterocycles. The van der Waals surface area contributed by atoms with E-state index in [9.17, 15) is 0 Å². The van der Waals surface area contributed by atoms with Gasteiger partial charge in [-0.1, -0.05) is 228 Å². The Morgan fingerprint density at radius 2 is 0.570 bits per heavy atom. The monoisotopic (exact) mass is 1470 g/mol. The molecule has 5 nitrogen and oxygen atoms in total. The van der Waals surface area contributed by atoms with E-state index in [2.05, 4.69) is 408 Å². The maximum absolute atomic E-state index is 2.56. The number of rotatable bonds is 8. The first kappa shape index (κ1) is 63.7. The number of hydrogen-bond donors (Lipinski definition) is 0. The number of para-hydroxylation sites is 7. The second-order valence-corrected chi connectivity index (χ2v) is 33.8. The van der Waals surface area contributed by atoms with Crippen LogP contribution in [0.2, 0.25) is 0 Å². The van der Waals surface area contributed by atoms with Crippen molar-refractivity contribution in [3.8, 4) is 84.1 Å². The van der Waals surface area contributed by atoms with Gasteiger partial charge in [0.05, 0.1) is 60.9 Å². The largest absolute Gasteiger partial charge is 0.309 e. The second-order valence-electron chi connectivity index (χ2n) is 32.7. The highest BCUT2D eigenvalue weighted by Gasteiger charge is 2.39. The lowest BCUT2D eigenvalue weighted by atomic mass is 9.82. The minimum atomic E-state index is -0.302. The summed E-state index contributed by atoms with van der Waals surface area (Å²) in [4.78, 5) is 0. The molecule has 534 valence electrons. The zero-order valence-corrected chi connectivity index (χ0v) is 64.0. The van der Waals surface area contributed by atoms with Crippen LogP contribution < -0.4 is 0 Å². The van der Waals surface area contributed by atoms with E-state index in [4.69, 9.17) is 0 Å². The van der Waals surface area contributed by atoms with Crippen LogP contribution in [0, 0.1) is 0 Å². The van der Waals surface area contributed by atoms with Crippen molar-refractivity contribution in [1.29, 1.82) is 0 Å². The van der Waals surface area contributed by atoms with Crippen LogP contribution in [0.4, 0.5) is 0 Å². The SMILES string of the molecule is CC1(C)c2ccc(-c3ccc4c(c3)c3ccccc3n4-c3ccc(-n4c5ccccc5c5cc6c(cc54)C(C)(C)c4ccccc4-6)c(-c4ccc5sc6ccccc6c5c4)c3)cc2-c2cc3c4ccccc4n(-c4cc(-c5ccc6c(c5)c5ccccc5n6-c5ccccc5)cc(-n5c6ccccc6c6ccccc65)c4)c3cc21. The molecule has 114 heavy (non-hydrogen) atoms. The van der Waals surface area contributed by atoms with Crippen LogP contribution >= 0.6 is 11.3 Å². The van der Waals surface area contributed by atoms with Crippen LogP contribution in [-0.2, 0) is 10.8 Å². The molecule has 6 heteroatoms. The predicted molar refractivity (Wildman–Crippen MR) is 482 cm³/mol. The topological polar surface area (TPSA) is 24.6 Å². The Balaban J connectivity index is 0.642. The minimum absolute atomic E-state index is 0.164. The van der Waals surface area contributed by atoms with Crippen molar-refractivity contribution in [3.05, 3.63) is 380 Å². The number of thiophene rings is 1. The molecule has 0 atom stereocenters. The summed E-state index contributed by atoms with van der Waals surface area (Å²) in [6.07, 6.45) is 0. The van der Waals surface area contributed by atoms with Crippen LogP contribution in [0.15, 0.2) is 358 Å². The maximum Gasteiger partial charge on any atom is 0.0544 e. The Morgan fingerprint density at radius 1 is 0.184 bits per heavy atom. The Morgan fingerprint density at radius 3 is 1.16 bits per heavy atom. The number of nitrogens with zero attached hydrogens (tertiary/aromatic N) is 5. The highest BCUT2D eigenvalue weighted by Crippen LogP contribution is 2.55. The van der Waals surface area contributed by atoms with E-state index >= 15 is 0 Å². The lowest BCUT2D eigenvalue weighted by Gasteiger charge is -2.22. The fraction of sp³-hybridized carbons (Fsp3) is 0.0556. The van der Waals surface area contributed by atoms with Crippen LogP contribution in [0.5, 0.6) is 0 Å². The predicted octanol–water partition coefficient (Wildman–Crippen LogP) is 29.2. The molecular formula is C108H71N5S. The first-order chi connectivity index (χ1) is 56.0. The van der Waals surface area contributed by atoms with E-state index in [-0.39, 0.29) is 10.8 Å². The Labute approximate surface area is 661 Å². The molecule has 0 bridgehead atoms. The van der Waals surface area contributed by atoms with Crippen LogP contribution in [0.25, 0.3) is 213 Å². The van der Waals surface area contributed by atoms with E-state index in [1.807, 2.05) is 11.3 Å². The van der Waals surface area contributed by atoms with Crippen molar-refractivity contribution in [1.82, 2.24) is 22.8 Å². The first-order valence-corrected chi connectivity index (χ1v) is 40.6. The van der Waals surface area contributed by atoms with E-state index in [1.165, 1.54) is 196 Å². The number of benzene rings is 17. The van der Waals surface area contributed by atoms with Gasteiger partial charge in [0.15, 0.2) is 0 Å². The van der Waals surface area contributed by atoms with E-state index in [0.717, 1.165) is 39.6 Å². The summed E-state index contributed by atoms with van der Waals surface area (Å²) in [7, 11) is 0. The van der Waals surface area contributed by atoms with Crippen molar-refractivity contribution >= 4 is 141 Å². The third kappa shape index (κ3) is 8.83. The normalized spacial score (nSPS) is 13.6. The molecule has 6 heterocycles. The van der Waals surface area contributed by atoms with Gasteiger partial charge in [-0.2, -0.15) is 0 Å². The van der Waals surface area contributed by atoms with E-state index in [1.54, 1.807) is 0 Å². The molecule has 23 aromatic rings. The van der Waals surface area contributed by atoms with Gasteiger partial charge in [-0.05, 0) is 230 Å². The lowest BCUT2D eigenvalue weighted by Crippen LogP contribution is -2.15. The molecule has 0 spiro atoms. The molecule has 0 aliphatic heterocycles. The second kappa shape index (κ2) is 23.3. The molecule has 0 fully saturated rings. The summed E-state index contributed by atoms with van der Waals surface area (Å²) in [5.74, 6) is 0. The van der Waals surface area contributed by atoms with Crippen molar-refractivity contribution < 1.29 is 0 Å². The smallest absolute Gasteiger partial charge is 0.0544 e. The van der Waals surface area contributed by atoms with E-state index in [0.29, 0.717) is 0 Å². The number of hydrogen-bond acceptors (Lipinski definition) is 1. The van der Waals surface area contributed by atoms with Gasteiger partial charge in [0, 0.05) is 113 Å². The number of fused-ring (bicyclic) bond motifs is 24. The highest BCUT2D eigenvalue weighted by atomic mass is 32.1. The fourth-order valence-corrected chi connectivity index (χ4v) is 21.8. The van der Waals surface area contributed by atoms with Crippen molar-refractivity contribution in [2.24, 2.45) is 0 Å². The summed E-state index contributed by atoms with van der Waals surface area (Å²) in [6.45, 7) is 9.64. The Bertz CT molecular complexity index is 8120. The van der Waals surface area contributed by atoms with Gasteiger partial charge >= 0.3 is 0 Å². The zero-order valence-electron chi connectivity index (χ0n) is 63.2. The molecule has 25 rings (SSSR count). The maximum atomic E-state index is 2.56. The van der Waals surface area contributed by atoms with Crippen molar-refractivity contribution in [3.63, 3.8) is 0 Å². The van der Waals surface area contributed by atoms with Crippen molar-refractivity contribution in [2.75, 3.05) is 0 Å². The lowest BCUT2D eigenvalue weighted by molar-refractivity contribution is 0.661. The molecule has 2 aliphatic rings. The number of aromatic nitrogens is 5. The van der Waals surface area contributed by atoms with Gasteiger partial charge in [-0.25, -0.2) is 0 Å². The third-order valence-electron chi connectivity index (χ3n) is 26.0. The highest BCUT2D eigenvalue weighted by molar-refractivity contribution is 7.25. The molecule has 0 amide bonds. The fourth-order valence-electron chi connectivity index (χ4n) is 20.7. The van der Waals surface area contributed by atoms with Crippen LogP contribution in [-0.4, -0.2) is 22.8 Å². The summed E-state index contributed by atoms with van der Waals surface area (Å²) >= 11 is 1.87. The Hall–Kier alpha value is -14.0. The zero-order chi connectivity index (χ0) is 75.1. The molecule has 0 N–H and O–H groups in total. The molecule has 2 aliphatic carbocycles. The molecular weight excluding hydrogens is 1400 g/mol. The molecule has 17 aromatic carbocycles. The molecule has 0 unspecified atom stereocenters. The van der Waals surface area contributed by atoms with Crippen molar-refractivity contribution in [2.45, 2.75) is 38.5 Å². The van der Waals surface area contributed by atoms with E-state index < -0.39 is 0 Å². The third-order valence-corrected chi connectivity index (χ3v) is 27.2. The molecule has 0 radical (unpaired) electrons. The summed E-state index contributed by atoms with van der Waals surface area (Å²) in [6, 6.07) is 136. The summed E-state index contributed by atoms with van der Waals surface area (Å²) < 4.78 is 15.1. The van der Waals surface area contributed by atoms with Crippen LogP contribution in [0.3, 0.4) is 0 Å². The van der Waals surface area contributed by atoms with Gasteiger partial charge in [-0.15, -0.1) is 11.3 Å². The summed E-state index contributed by atoms with van der Waals surface area (Å²) in [5, 5.41) is 14.9. The summed E-state index contributed by atoms with van der Waals surface area (Å²) in [5.41, 5.74) is 34.7. The standard InChI is InChI=1S/C108H71N5S/c1-107(2)90-34-16-8-26-73(90)83-60-88-79-32-14-22-40-99(79)113(104(88)63-92(83)107)100-50-46-70(59-81(100)67-45-51-106-89(57-67)80-33-15-23-41-105(80)114-106)110-97-38-20-12-30-77(97)85-55-65(43-48-102(85)110)64-42-47-91-82(54-64)84-61-87-78-31-13-21-39-98(78)112(103(87)62-93(84)108(91,3)4)72-53-68(52-71(58-72)111-94-35-17-9-27-74(94)75-28-10-18-36-95(75)111)66-44-49-101-86(56-66)76-29-11-19-37-96(76)109(101)69-24-6-5-7-25-69/h5-63H,1-4H3. The van der Waals surface area contributed by atoms with Gasteiger partial charge < -0.3 is 22.8 Å². The Kier molecular flexibility index (Phi) is 13.0.